The highest BCUT2D eigenvalue weighted by atomic mass is 31.0. The van der Waals surface area contributed by atoms with Crippen LogP contribution < -0.4 is 0 Å². The van der Waals surface area contributed by atoms with Gasteiger partial charge in [-0.3, -0.25) is 0 Å². The third kappa shape index (κ3) is 2.53. The Morgan fingerprint density at radius 2 is 2.29 bits per heavy atom. The van der Waals surface area contributed by atoms with Gasteiger partial charge in [0.15, 0.2) is 0 Å². The fourth-order valence-electron chi connectivity index (χ4n) is 1.30. The molecule has 1 atom stereocenters. The minimum absolute atomic E-state index is 0.493. The third-order valence-corrected chi connectivity index (χ3v) is 2.21. The van der Waals surface area contributed by atoms with Crippen LogP contribution in [0.15, 0.2) is 23.4 Å². The van der Waals surface area contributed by atoms with Crippen molar-refractivity contribution in [3.05, 3.63) is 34.9 Å². The van der Waals surface area contributed by atoms with Crippen LogP contribution in [0.4, 0.5) is 0 Å². The van der Waals surface area contributed by atoms with Crippen LogP contribution in [-0.2, 0) is 11.1 Å². The molecule has 0 saturated heterocycles. The second-order valence-electron chi connectivity index (χ2n) is 3.16. The lowest BCUT2D eigenvalue weighted by molar-refractivity contribution is 0.318. The van der Waals surface area contributed by atoms with E-state index >= 15 is 0 Å². The molecule has 1 aromatic carbocycles. The van der Waals surface area contributed by atoms with E-state index in [1.165, 1.54) is 0 Å². The molecule has 0 aromatic heterocycles. The fourth-order valence-corrected chi connectivity index (χ4v) is 1.48. The maximum absolute atomic E-state index is 8.71. The van der Waals surface area contributed by atoms with Gasteiger partial charge in [-0.1, -0.05) is 22.9 Å². The summed E-state index contributed by atoms with van der Waals surface area (Å²) in [7, 11) is 2.21. The number of hydrogen-bond donors (Lipinski definition) is 1. The SMILES string of the molecule is CC(=NO)c1cc(C)ccc1COP. The van der Waals surface area contributed by atoms with Crippen LogP contribution in [0.1, 0.15) is 23.6 Å². The number of aryl methyl sites for hydroxylation is 1. The third-order valence-electron chi connectivity index (χ3n) is 2.04. The average Bonchev–Trinajstić information content (AvgIpc) is 2.20. The Morgan fingerprint density at radius 1 is 1.57 bits per heavy atom. The van der Waals surface area contributed by atoms with E-state index in [4.69, 9.17) is 9.73 Å². The van der Waals surface area contributed by atoms with Crippen LogP contribution in [0.3, 0.4) is 0 Å². The van der Waals surface area contributed by atoms with Crippen molar-refractivity contribution in [1.82, 2.24) is 0 Å². The van der Waals surface area contributed by atoms with Gasteiger partial charge in [0.1, 0.15) is 0 Å². The van der Waals surface area contributed by atoms with Crippen LogP contribution in [0.5, 0.6) is 0 Å². The van der Waals surface area contributed by atoms with Gasteiger partial charge >= 0.3 is 0 Å². The van der Waals surface area contributed by atoms with Gasteiger partial charge < -0.3 is 9.73 Å². The van der Waals surface area contributed by atoms with Gasteiger partial charge in [-0.2, -0.15) is 0 Å². The monoisotopic (exact) mass is 211 g/mol. The molecule has 3 nitrogen and oxygen atoms in total. The summed E-state index contributed by atoms with van der Waals surface area (Å²) in [5.74, 6) is 0. The van der Waals surface area contributed by atoms with E-state index in [0.717, 1.165) is 16.7 Å². The van der Waals surface area contributed by atoms with E-state index in [9.17, 15) is 0 Å². The van der Waals surface area contributed by atoms with Crippen molar-refractivity contribution in [1.29, 1.82) is 0 Å². The largest absolute Gasteiger partial charge is 0.411 e. The number of benzene rings is 1. The van der Waals surface area contributed by atoms with Crippen LogP contribution in [0.2, 0.25) is 0 Å². The highest BCUT2D eigenvalue weighted by Crippen LogP contribution is 2.15. The summed E-state index contributed by atoms with van der Waals surface area (Å²) in [6, 6.07) is 5.96. The zero-order valence-electron chi connectivity index (χ0n) is 8.32. The zero-order chi connectivity index (χ0) is 10.6. The van der Waals surface area contributed by atoms with E-state index in [-0.39, 0.29) is 0 Å². The van der Waals surface area contributed by atoms with Crippen LogP contribution >= 0.6 is 9.47 Å². The van der Waals surface area contributed by atoms with Gasteiger partial charge in [0, 0.05) is 15.0 Å². The Labute approximate surface area is 86.1 Å². The van der Waals surface area contributed by atoms with Crippen LogP contribution in [0, 0.1) is 6.92 Å². The first-order valence-corrected chi connectivity index (χ1v) is 4.76. The van der Waals surface area contributed by atoms with Gasteiger partial charge in [-0.25, -0.2) is 0 Å². The Balaban J connectivity index is 3.15. The van der Waals surface area contributed by atoms with E-state index in [2.05, 4.69) is 14.6 Å². The van der Waals surface area contributed by atoms with Gasteiger partial charge in [0.25, 0.3) is 0 Å². The molecule has 0 aliphatic rings. The summed E-state index contributed by atoms with van der Waals surface area (Å²) < 4.78 is 4.98. The molecular weight excluding hydrogens is 197 g/mol. The molecule has 1 unspecified atom stereocenters. The first kappa shape index (κ1) is 11.2. The minimum Gasteiger partial charge on any atom is -0.411 e. The Kier molecular flexibility index (Phi) is 4.05. The Hall–Kier alpha value is -0.920. The lowest BCUT2D eigenvalue weighted by atomic mass is 10.0. The summed E-state index contributed by atoms with van der Waals surface area (Å²) in [5, 5.41) is 11.9. The highest BCUT2D eigenvalue weighted by molar-refractivity contribution is 7.09. The van der Waals surface area contributed by atoms with Crippen molar-refractivity contribution < 1.29 is 9.73 Å². The lowest BCUT2D eigenvalue weighted by Gasteiger charge is -2.08. The van der Waals surface area contributed by atoms with Crippen molar-refractivity contribution in [3.63, 3.8) is 0 Å². The molecule has 1 rings (SSSR count). The molecule has 0 bridgehead atoms. The van der Waals surface area contributed by atoms with Crippen LogP contribution in [0.25, 0.3) is 0 Å². The van der Waals surface area contributed by atoms with Gasteiger partial charge in [-0.05, 0) is 25.5 Å². The van der Waals surface area contributed by atoms with E-state index < -0.39 is 0 Å². The quantitative estimate of drug-likeness (QED) is 0.361. The Morgan fingerprint density at radius 3 is 2.86 bits per heavy atom. The molecule has 0 aliphatic carbocycles. The molecule has 0 heterocycles. The highest BCUT2D eigenvalue weighted by Gasteiger charge is 2.05. The molecule has 14 heavy (non-hydrogen) atoms. The molecule has 0 fully saturated rings. The summed E-state index contributed by atoms with van der Waals surface area (Å²) in [5.41, 5.74) is 3.68. The molecule has 0 aliphatic heterocycles. The first-order chi connectivity index (χ1) is 6.69. The van der Waals surface area contributed by atoms with Gasteiger partial charge in [0.05, 0.1) is 12.3 Å². The smallest absolute Gasteiger partial charge is 0.0840 e. The normalized spacial score (nSPS) is 11.8. The van der Waals surface area contributed by atoms with Gasteiger partial charge in [0.2, 0.25) is 0 Å². The van der Waals surface area contributed by atoms with E-state index in [1.807, 2.05) is 25.1 Å². The fraction of sp³-hybridized carbons (Fsp3) is 0.300. The standard InChI is InChI=1S/C10H14NO2P/c1-7-3-4-9(6-13-14)10(5-7)8(2)11-12/h3-5,12H,6,14H2,1-2H3. The number of oxime groups is 1. The van der Waals surface area contributed by atoms with Crippen molar-refractivity contribution in [2.75, 3.05) is 0 Å². The molecule has 0 radical (unpaired) electrons. The zero-order valence-corrected chi connectivity index (χ0v) is 9.47. The maximum Gasteiger partial charge on any atom is 0.0840 e. The molecule has 0 amide bonds. The number of rotatable bonds is 3. The predicted molar refractivity (Wildman–Crippen MR) is 59.7 cm³/mol. The second-order valence-corrected chi connectivity index (χ2v) is 3.49. The van der Waals surface area contributed by atoms with E-state index in [0.29, 0.717) is 12.3 Å². The summed E-state index contributed by atoms with van der Waals surface area (Å²) in [4.78, 5) is 0. The molecule has 76 valence electrons. The van der Waals surface area contributed by atoms with Gasteiger partial charge in [-0.15, -0.1) is 0 Å². The summed E-state index contributed by atoms with van der Waals surface area (Å²) >= 11 is 0. The molecular formula is C10H14NO2P. The Bertz CT molecular complexity index is 350. The molecule has 4 heteroatoms. The van der Waals surface area contributed by atoms with E-state index in [1.54, 1.807) is 6.92 Å². The summed E-state index contributed by atoms with van der Waals surface area (Å²) in [6.07, 6.45) is 0. The molecule has 1 N–H and O–H groups in total. The second kappa shape index (κ2) is 5.08. The van der Waals surface area contributed by atoms with Crippen molar-refractivity contribution in [2.45, 2.75) is 20.5 Å². The molecule has 1 aromatic rings. The van der Waals surface area contributed by atoms with Crippen molar-refractivity contribution in [3.8, 4) is 0 Å². The van der Waals surface area contributed by atoms with Crippen LogP contribution in [-0.4, -0.2) is 10.9 Å². The minimum atomic E-state index is 0.493. The molecule has 0 spiro atoms. The maximum atomic E-state index is 8.71. The lowest BCUT2D eigenvalue weighted by Crippen LogP contribution is -2.01. The average molecular weight is 211 g/mol. The number of hydrogen-bond acceptors (Lipinski definition) is 3. The van der Waals surface area contributed by atoms with Crippen molar-refractivity contribution in [2.24, 2.45) is 5.16 Å². The predicted octanol–water partition coefficient (Wildman–Crippen LogP) is 2.50. The molecule has 0 saturated carbocycles. The summed E-state index contributed by atoms with van der Waals surface area (Å²) in [6.45, 7) is 4.26. The number of nitrogens with zero attached hydrogens (tertiary/aromatic N) is 1. The van der Waals surface area contributed by atoms with Crippen molar-refractivity contribution >= 4 is 15.2 Å². The first-order valence-electron chi connectivity index (χ1n) is 4.29. The topological polar surface area (TPSA) is 41.8 Å².